The Morgan fingerprint density at radius 3 is 2.84 bits per heavy atom. The third-order valence-electron chi connectivity index (χ3n) is 3.61. The molecule has 2 atom stereocenters. The first-order chi connectivity index (χ1) is 9.28. The van der Waals surface area contributed by atoms with E-state index in [4.69, 9.17) is 4.74 Å². The molecular formula is C13H17N3O3. The van der Waals surface area contributed by atoms with Crippen LogP contribution in [0.4, 0.5) is 5.82 Å². The van der Waals surface area contributed by atoms with Crippen LogP contribution in [0.25, 0.3) is 0 Å². The van der Waals surface area contributed by atoms with Crippen molar-refractivity contribution in [2.45, 2.75) is 31.4 Å². The van der Waals surface area contributed by atoms with Gasteiger partial charge in [-0.1, -0.05) is 0 Å². The van der Waals surface area contributed by atoms with Crippen LogP contribution in [0.15, 0.2) is 12.1 Å². The zero-order valence-corrected chi connectivity index (χ0v) is 10.8. The second-order valence-electron chi connectivity index (χ2n) is 5.01. The summed E-state index contributed by atoms with van der Waals surface area (Å²) in [4.78, 5) is 11.3. The predicted molar refractivity (Wildman–Crippen MR) is 67.9 cm³/mol. The highest BCUT2D eigenvalue weighted by atomic mass is 16.5. The maximum absolute atomic E-state index is 11.3. The first-order valence-corrected chi connectivity index (χ1v) is 6.58. The van der Waals surface area contributed by atoms with Gasteiger partial charge in [-0.25, -0.2) is 4.79 Å². The Morgan fingerprint density at radius 2 is 2.21 bits per heavy atom. The fourth-order valence-electron chi connectivity index (χ4n) is 2.47. The number of nitrogens with one attached hydrogen (secondary N) is 1. The van der Waals surface area contributed by atoms with E-state index in [0.29, 0.717) is 23.9 Å². The number of methoxy groups -OCH3 is 1. The number of hydrogen-bond donors (Lipinski definition) is 1. The van der Waals surface area contributed by atoms with E-state index in [-0.39, 0.29) is 5.69 Å². The highest BCUT2D eigenvalue weighted by Crippen LogP contribution is 2.39. The Hall–Kier alpha value is -1.69. The summed E-state index contributed by atoms with van der Waals surface area (Å²) >= 11 is 0. The summed E-state index contributed by atoms with van der Waals surface area (Å²) in [6.45, 7) is 0.798. The van der Waals surface area contributed by atoms with Crippen LogP contribution < -0.4 is 5.32 Å². The Kier molecular flexibility index (Phi) is 3.33. The molecule has 1 aliphatic heterocycles. The highest BCUT2D eigenvalue weighted by molar-refractivity contribution is 5.86. The second-order valence-corrected chi connectivity index (χ2v) is 5.01. The Balaban J connectivity index is 1.64. The minimum Gasteiger partial charge on any atom is -0.464 e. The lowest BCUT2D eigenvalue weighted by molar-refractivity contribution is 0.0592. The average Bonchev–Trinajstić information content (AvgIpc) is 3.19. The summed E-state index contributed by atoms with van der Waals surface area (Å²) in [5, 5.41) is 11.2. The van der Waals surface area contributed by atoms with Gasteiger partial charge in [0.05, 0.1) is 19.3 Å². The molecular weight excluding hydrogens is 246 g/mol. The number of nitrogens with zero attached hydrogens (tertiary/aromatic N) is 2. The molecule has 102 valence electrons. The molecule has 6 nitrogen and oxygen atoms in total. The molecule has 1 aliphatic carbocycles. The monoisotopic (exact) mass is 263 g/mol. The van der Waals surface area contributed by atoms with Crippen molar-refractivity contribution < 1.29 is 14.3 Å². The molecule has 0 amide bonds. The summed E-state index contributed by atoms with van der Waals surface area (Å²) in [5.74, 6) is 0.898. The fraction of sp³-hybridized carbons (Fsp3) is 0.615. The fourth-order valence-corrected chi connectivity index (χ4v) is 2.47. The van der Waals surface area contributed by atoms with Crippen molar-refractivity contribution >= 4 is 11.8 Å². The minimum atomic E-state index is -0.473. The van der Waals surface area contributed by atoms with Gasteiger partial charge in [-0.3, -0.25) is 0 Å². The van der Waals surface area contributed by atoms with Gasteiger partial charge in [-0.2, -0.15) is 0 Å². The van der Waals surface area contributed by atoms with Gasteiger partial charge in [0.15, 0.2) is 5.69 Å². The van der Waals surface area contributed by atoms with Crippen LogP contribution >= 0.6 is 0 Å². The second kappa shape index (κ2) is 5.13. The molecule has 1 saturated carbocycles. The molecule has 1 aromatic heterocycles. The van der Waals surface area contributed by atoms with E-state index in [9.17, 15) is 4.79 Å². The van der Waals surface area contributed by atoms with Crippen LogP contribution in [0.3, 0.4) is 0 Å². The molecule has 2 aliphatic rings. The summed E-state index contributed by atoms with van der Waals surface area (Å²) < 4.78 is 10.3. The van der Waals surface area contributed by atoms with Crippen LogP contribution in [-0.2, 0) is 9.47 Å². The van der Waals surface area contributed by atoms with E-state index in [2.05, 4.69) is 20.3 Å². The third-order valence-corrected chi connectivity index (χ3v) is 3.61. The van der Waals surface area contributed by atoms with Crippen LogP contribution in [0.5, 0.6) is 0 Å². The lowest BCUT2D eigenvalue weighted by atomic mass is 10.1. The lowest BCUT2D eigenvalue weighted by Gasteiger charge is -2.19. The summed E-state index contributed by atoms with van der Waals surface area (Å²) in [6, 6.07) is 3.66. The number of carbonyl (C=O) groups is 1. The molecule has 1 N–H and O–H groups in total. The maximum Gasteiger partial charge on any atom is 0.358 e. The van der Waals surface area contributed by atoms with Crippen LogP contribution in [0, 0.1) is 5.92 Å². The molecule has 2 heterocycles. The zero-order valence-electron chi connectivity index (χ0n) is 10.8. The summed E-state index contributed by atoms with van der Waals surface area (Å²) in [6.07, 6.45) is 3.80. The number of ether oxygens (including phenoxy) is 2. The Labute approximate surface area is 111 Å². The van der Waals surface area contributed by atoms with Gasteiger partial charge in [0, 0.05) is 6.61 Å². The number of anilines is 1. The van der Waals surface area contributed by atoms with E-state index in [1.54, 1.807) is 12.1 Å². The van der Waals surface area contributed by atoms with Crippen molar-refractivity contribution in [1.82, 2.24) is 10.2 Å². The molecule has 2 unspecified atom stereocenters. The minimum absolute atomic E-state index is 0.217. The van der Waals surface area contributed by atoms with E-state index in [1.165, 1.54) is 20.0 Å². The summed E-state index contributed by atoms with van der Waals surface area (Å²) in [7, 11) is 1.33. The van der Waals surface area contributed by atoms with E-state index in [0.717, 1.165) is 13.0 Å². The quantitative estimate of drug-likeness (QED) is 0.824. The van der Waals surface area contributed by atoms with Crippen LogP contribution in [0.2, 0.25) is 0 Å². The molecule has 1 saturated heterocycles. The predicted octanol–water partition coefficient (Wildman–Crippen LogP) is 1.24. The Morgan fingerprint density at radius 1 is 1.37 bits per heavy atom. The van der Waals surface area contributed by atoms with Crippen molar-refractivity contribution in [3.63, 3.8) is 0 Å². The van der Waals surface area contributed by atoms with E-state index in [1.807, 2.05) is 0 Å². The molecule has 0 aromatic carbocycles. The normalized spacial score (nSPS) is 26.2. The smallest absolute Gasteiger partial charge is 0.358 e. The SMILES string of the molecule is COC(=O)c1ccc(NC2CCOC2C2CC2)nn1. The van der Waals surface area contributed by atoms with Crippen LogP contribution in [0.1, 0.15) is 29.8 Å². The number of aromatic nitrogens is 2. The first kappa shape index (κ1) is 12.3. The van der Waals surface area contributed by atoms with Gasteiger partial charge in [-0.15, -0.1) is 10.2 Å². The van der Waals surface area contributed by atoms with Crippen LogP contribution in [-0.4, -0.2) is 42.0 Å². The van der Waals surface area contributed by atoms with Gasteiger partial charge in [0.1, 0.15) is 5.82 Å². The van der Waals surface area contributed by atoms with Gasteiger partial charge in [-0.05, 0) is 37.3 Å². The van der Waals surface area contributed by atoms with Crippen molar-refractivity contribution in [3.8, 4) is 0 Å². The number of rotatable bonds is 4. The lowest BCUT2D eigenvalue weighted by Crippen LogP contribution is -2.31. The number of hydrogen-bond acceptors (Lipinski definition) is 6. The molecule has 0 radical (unpaired) electrons. The molecule has 0 spiro atoms. The maximum atomic E-state index is 11.3. The van der Waals surface area contributed by atoms with Crippen molar-refractivity contribution in [2.24, 2.45) is 5.92 Å². The number of esters is 1. The average molecular weight is 263 g/mol. The van der Waals surface area contributed by atoms with Gasteiger partial charge >= 0.3 is 5.97 Å². The van der Waals surface area contributed by atoms with E-state index >= 15 is 0 Å². The number of carbonyl (C=O) groups excluding carboxylic acids is 1. The van der Waals surface area contributed by atoms with E-state index < -0.39 is 5.97 Å². The topological polar surface area (TPSA) is 73.3 Å². The molecule has 2 fully saturated rings. The molecule has 6 heteroatoms. The molecule has 0 bridgehead atoms. The highest BCUT2D eigenvalue weighted by Gasteiger charge is 2.40. The van der Waals surface area contributed by atoms with Crippen molar-refractivity contribution in [1.29, 1.82) is 0 Å². The zero-order chi connectivity index (χ0) is 13.2. The third kappa shape index (κ3) is 2.68. The van der Waals surface area contributed by atoms with Gasteiger partial charge < -0.3 is 14.8 Å². The van der Waals surface area contributed by atoms with Gasteiger partial charge in [0.25, 0.3) is 0 Å². The largest absolute Gasteiger partial charge is 0.464 e. The van der Waals surface area contributed by atoms with Gasteiger partial charge in [0.2, 0.25) is 0 Å². The summed E-state index contributed by atoms with van der Waals surface area (Å²) in [5.41, 5.74) is 0.217. The first-order valence-electron chi connectivity index (χ1n) is 6.58. The Bertz CT molecular complexity index is 459. The molecule has 3 rings (SSSR count). The standard InChI is InChI=1S/C13H17N3O3/c1-18-13(17)10-4-5-11(16-15-10)14-9-6-7-19-12(9)8-2-3-8/h4-5,8-9,12H,2-3,6-7H2,1H3,(H,14,16). The van der Waals surface area contributed by atoms with Crippen molar-refractivity contribution in [3.05, 3.63) is 17.8 Å². The van der Waals surface area contributed by atoms with Crippen molar-refractivity contribution in [2.75, 3.05) is 19.0 Å². The molecule has 19 heavy (non-hydrogen) atoms. The molecule has 1 aromatic rings.